The molecule has 0 amide bonds. The zero-order valence-electron chi connectivity index (χ0n) is 9.77. The maximum atomic E-state index is 8.76. The smallest absolute Gasteiger partial charge is 0.144 e. The molecule has 0 aliphatic heterocycles. The topological polar surface area (TPSA) is 45.9 Å². The summed E-state index contributed by atoms with van der Waals surface area (Å²) in [6.07, 6.45) is 1.57. The Balaban J connectivity index is 2.32. The van der Waals surface area contributed by atoms with Crippen LogP contribution in [0.15, 0.2) is 36.5 Å². The highest BCUT2D eigenvalue weighted by molar-refractivity contribution is 5.42. The number of benzene rings is 1. The van der Waals surface area contributed by atoms with Crippen LogP contribution in [0.25, 0.3) is 0 Å². The number of ether oxygens (including phenoxy) is 1. The van der Waals surface area contributed by atoms with Crippen molar-refractivity contribution in [3.05, 3.63) is 53.3 Å². The molecule has 0 bridgehead atoms. The van der Waals surface area contributed by atoms with Crippen LogP contribution in [0.4, 0.5) is 0 Å². The van der Waals surface area contributed by atoms with Gasteiger partial charge in [0.15, 0.2) is 0 Å². The van der Waals surface area contributed by atoms with Gasteiger partial charge in [-0.25, -0.2) is 4.98 Å². The van der Waals surface area contributed by atoms with Crippen LogP contribution >= 0.6 is 0 Å². The molecule has 1 aromatic carbocycles. The van der Waals surface area contributed by atoms with Crippen molar-refractivity contribution in [2.24, 2.45) is 0 Å². The van der Waals surface area contributed by atoms with E-state index in [0.717, 1.165) is 11.3 Å². The van der Waals surface area contributed by atoms with Crippen LogP contribution < -0.4 is 4.74 Å². The normalized spacial score (nSPS) is 9.71. The Morgan fingerprint density at radius 3 is 2.82 bits per heavy atom. The van der Waals surface area contributed by atoms with E-state index in [1.54, 1.807) is 18.3 Å². The summed E-state index contributed by atoms with van der Waals surface area (Å²) < 4.78 is 5.74. The molecule has 0 aliphatic rings. The fourth-order valence-electron chi connectivity index (χ4n) is 1.50. The third-order valence-corrected chi connectivity index (χ3v) is 2.63. The van der Waals surface area contributed by atoms with Crippen molar-refractivity contribution in [1.29, 1.82) is 5.26 Å². The zero-order valence-corrected chi connectivity index (χ0v) is 9.77. The lowest BCUT2D eigenvalue weighted by molar-refractivity contribution is 0.477. The molecule has 0 radical (unpaired) electrons. The van der Waals surface area contributed by atoms with E-state index in [0.29, 0.717) is 11.4 Å². The number of hydrogen-bond donors (Lipinski definition) is 0. The number of rotatable bonds is 2. The van der Waals surface area contributed by atoms with Crippen molar-refractivity contribution in [1.82, 2.24) is 4.98 Å². The van der Waals surface area contributed by atoms with Gasteiger partial charge in [0, 0.05) is 12.3 Å². The van der Waals surface area contributed by atoms with Crippen LogP contribution in [0, 0.1) is 25.2 Å². The highest BCUT2D eigenvalue weighted by atomic mass is 16.5. The number of nitriles is 1. The first-order valence-corrected chi connectivity index (χ1v) is 5.31. The van der Waals surface area contributed by atoms with Crippen LogP contribution in [-0.2, 0) is 0 Å². The van der Waals surface area contributed by atoms with Crippen molar-refractivity contribution in [3.63, 3.8) is 0 Å². The lowest BCUT2D eigenvalue weighted by Crippen LogP contribution is -1.91. The molecule has 0 N–H and O–H groups in total. The lowest BCUT2D eigenvalue weighted by Gasteiger charge is -2.10. The molecule has 1 aromatic heterocycles. The van der Waals surface area contributed by atoms with Crippen molar-refractivity contribution < 1.29 is 4.74 Å². The number of hydrogen-bond acceptors (Lipinski definition) is 3. The monoisotopic (exact) mass is 224 g/mol. The number of nitrogens with zero attached hydrogens (tertiary/aromatic N) is 2. The molecule has 3 heteroatoms. The second-order valence-electron chi connectivity index (χ2n) is 3.79. The molecule has 3 nitrogen and oxygen atoms in total. The van der Waals surface area contributed by atoms with Gasteiger partial charge in [-0.05, 0) is 37.1 Å². The Hall–Kier alpha value is -2.34. The summed E-state index contributed by atoms with van der Waals surface area (Å²) in [5, 5.41) is 8.76. The fraction of sp³-hybridized carbons (Fsp3) is 0.143. The molecule has 0 aliphatic carbocycles. The Morgan fingerprint density at radius 1 is 1.24 bits per heavy atom. The summed E-state index contributed by atoms with van der Waals surface area (Å²) in [4.78, 5) is 3.90. The molecule has 2 aromatic rings. The third-order valence-electron chi connectivity index (χ3n) is 2.63. The van der Waals surface area contributed by atoms with E-state index < -0.39 is 0 Å². The number of pyridine rings is 1. The largest absolute Gasteiger partial charge is 0.457 e. The van der Waals surface area contributed by atoms with Crippen LogP contribution in [0.2, 0.25) is 0 Å². The summed E-state index contributed by atoms with van der Waals surface area (Å²) in [7, 11) is 0. The first kappa shape index (κ1) is 11.2. The van der Waals surface area contributed by atoms with Gasteiger partial charge < -0.3 is 4.74 Å². The molecule has 0 saturated carbocycles. The molecular weight excluding hydrogens is 212 g/mol. The minimum atomic E-state index is 0.354. The zero-order chi connectivity index (χ0) is 12.3. The van der Waals surface area contributed by atoms with Gasteiger partial charge in [0.2, 0.25) is 0 Å². The number of aromatic nitrogens is 1. The Morgan fingerprint density at radius 2 is 2.06 bits per heavy atom. The maximum Gasteiger partial charge on any atom is 0.144 e. The van der Waals surface area contributed by atoms with Gasteiger partial charge in [0.1, 0.15) is 23.3 Å². The van der Waals surface area contributed by atoms with E-state index >= 15 is 0 Å². The van der Waals surface area contributed by atoms with Gasteiger partial charge in [0.25, 0.3) is 0 Å². The molecule has 84 valence electrons. The second-order valence-corrected chi connectivity index (χ2v) is 3.79. The van der Waals surface area contributed by atoms with Crippen molar-refractivity contribution >= 4 is 0 Å². The molecule has 0 atom stereocenters. The van der Waals surface area contributed by atoms with E-state index in [1.165, 1.54) is 5.56 Å². The fourth-order valence-corrected chi connectivity index (χ4v) is 1.50. The average Bonchev–Trinajstić information content (AvgIpc) is 2.35. The van der Waals surface area contributed by atoms with E-state index in [4.69, 9.17) is 10.00 Å². The molecule has 17 heavy (non-hydrogen) atoms. The van der Waals surface area contributed by atoms with Gasteiger partial charge in [-0.3, -0.25) is 0 Å². The molecule has 2 rings (SSSR count). The SMILES string of the molecule is Cc1cccc(Oc2ccnc(C#N)c2)c1C. The first-order chi connectivity index (χ1) is 8.20. The minimum Gasteiger partial charge on any atom is -0.457 e. The lowest BCUT2D eigenvalue weighted by atomic mass is 10.1. The predicted molar refractivity (Wildman–Crippen MR) is 64.9 cm³/mol. The maximum absolute atomic E-state index is 8.76. The van der Waals surface area contributed by atoms with E-state index in [9.17, 15) is 0 Å². The van der Waals surface area contributed by atoms with E-state index in [2.05, 4.69) is 4.98 Å². The predicted octanol–water partition coefficient (Wildman–Crippen LogP) is 3.36. The van der Waals surface area contributed by atoms with Gasteiger partial charge in [-0.15, -0.1) is 0 Å². The molecular formula is C14H12N2O. The molecule has 0 fully saturated rings. The summed E-state index contributed by atoms with van der Waals surface area (Å²) in [5.74, 6) is 1.44. The Labute approximate surface area is 100 Å². The van der Waals surface area contributed by atoms with Crippen molar-refractivity contribution in [2.45, 2.75) is 13.8 Å². The van der Waals surface area contributed by atoms with E-state index in [1.807, 2.05) is 38.1 Å². The molecule has 0 saturated heterocycles. The van der Waals surface area contributed by atoms with Crippen molar-refractivity contribution in [3.8, 4) is 17.6 Å². The quantitative estimate of drug-likeness (QED) is 0.785. The average molecular weight is 224 g/mol. The highest BCUT2D eigenvalue weighted by Crippen LogP contribution is 2.26. The molecule has 0 unspecified atom stereocenters. The highest BCUT2D eigenvalue weighted by Gasteiger charge is 2.04. The van der Waals surface area contributed by atoms with Crippen LogP contribution in [0.3, 0.4) is 0 Å². The van der Waals surface area contributed by atoms with Gasteiger partial charge in [-0.2, -0.15) is 5.26 Å². The van der Waals surface area contributed by atoms with Crippen LogP contribution in [-0.4, -0.2) is 4.98 Å². The minimum absolute atomic E-state index is 0.354. The summed E-state index contributed by atoms with van der Waals surface area (Å²) in [6, 6.07) is 11.3. The molecule has 0 spiro atoms. The van der Waals surface area contributed by atoms with Gasteiger partial charge in [0.05, 0.1) is 0 Å². The van der Waals surface area contributed by atoms with Crippen LogP contribution in [0.1, 0.15) is 16.8 Å². The summed E-state index contributed by atoms with van der Waals surface area (Å²) >= 11 is 0. The second kappa shape index (κ2) is 4.67. The Bertz CT molecular complexity index is 585. The first-order valence-electron chi connectivity index (χ1n) is 5.31. The molecule has 1 heterocycles. The van der Waals surface area contributed by atoms with E-state index in [-0.39, 0.29) is 0 Å². The van der Waals surface area contributed by atoms with Gasteiger partial charge >= 0.3 is 0 Å². The standard InChI is InChI=1S/C14H12N2O/c1-10-4-3-5-14(11(10)2)17-13-6-7-16-12(8-13)9-15/h3-8H,1-2H3. The van der Waals surface area contributed by atoms with Crippen molar-refractivity contribution in [2.75, 3.05) is 0 Å². The summed E-state index contributed by atoms with van der Waals surface area (Å²) in [5.41, 5.74) is 2.63. The number of aryl methyl sites for hydroxylation is 1. The third kappa shape index (κ3) is 2.43. The van der Waals surface area contributed by atoms with Gasteiger partial charge in [-0.1, -0.05) is 12.1 Å². The summed E-state index contributed by atoms with van der Waals surface area (Å²) in [6.45, 7) is 4.05. The van der Waals surface area contributed by atoms with Crippen LogP contribution in [0.5, 0.6) is 11.5 Å². The Kier molecular flexibility index (Phi) is 3.06.